The first kappa shape index (κ1) is 31.8. The Morgan fingerprint density at radius 2 is 1.90 bits per heavy atom. The van der Waals surface area contributed by atoms with Gasteiger partial charge < -0.3 is 34.6 Å². The van der Waals surface area contributed by atoms with Crippen molar-refractivity contribution in [2.75, 3.05) is 23.8 Å². The number of ether oxygens (including phenoxy) is 1. The summed E-state index contributed by atoms with van der Waals surface area (Å²) in [4.78, 5) is 36.0. The Morgan fingerprint density at radius 3 is 2.62 bits per heavy atom. The zero-order valence-electron chi connectivity index (χ0n) is 27.4. The van der Waals surface area contributed by atoms with Crippen LogP contribution in [0, 0.1) is 5.41 Å². The summed E-state index contributed by atoms with van der Waals surface area (Å²) in [5.74, 6) is 0.836. The van der Waals surface area contributed by atoms with Gasteiger partial charge in [-0.05, 0) is 79.0 Å². The van der Waals surface area contributed by atoms with Gasteiger partial charge in [-0.3, -0.25) is 14.2 Å². The van der Waals surface area contributed by atoms with Crippen LogP contribution in [0.4, 0.5) is 17.2 Å². The van der Waals surface area contributed by atoms with Crippen LogP contribution in [0.5, 0.6) is 0 Å². The molecule has 1 aliphatic carbocycles. The molecule has 4 N–H and O–H groups in total. The molecule has 7 rings (SSSR count). The molecule has 2 aliphatic rings. The van der Waals surface area contributed by atoms with Crippen molar-refractivity contribution in [1.82, 2.24) is 23.5 Å². The second-order valence-corrected chi connectivity index (χ2v) is 13.7. The third-order valence-corrected chi connectivity index (χ3v) is 9.48. The topological polar surface area (TPSA) is 148 Å². The fourth-order valence-electron chi connectivity index (χ4n) is 7.11. The van der Waals surface area contributed by atoms with Gasteiger partial charge in [-0.15, -0.1) is 0 Å². The lowest BCUT2D eigenvalue weighted by Crippen LogP contribution is -2.35. The smallest absolute Gasteiger partial charge is 0.280 e. The number of hydrogen-bond acceptors (Lipinski definition) is 9. The van der Waals surface area contributed by atoms with Gasteiger partial charge in [0.25, 0.3) is 11.1 Å². The highest BCUT2D eigenvalue weighted by molar-refractivity contribution is 5.73. The van der Waals surface area contributed by atoms with Crippen LogP contribution in [0.15, 0.2) is 70.9 Å². The van der Waals surface area contributed by atoms with Gasteiger partial charge in [-0.25, -0.2) is 9.97 Å². The van der Waals surface area contributed by atoms with Crippen molar-refractivity contribution in [3.63, 3.8) is 0 Å². The molecule has 6 heterocycles. The van der Waals surface area contributed by atoms with Crippen molar-refractivity contribution in [2.45, 2.75) is 64.7 Å². The third-order valence-electron chi connectivity index (χ3n) is 9.48. The second kappa shape index (κ2) is 12.7. The molecule has 0 amide bonds. The maximum Gasteiger partial charge on any atom is 0.280 e. The molecule has 1 aliphatic heterocycles. The number of aliphatic hydroxyl groups excluding tert-OH is 2. The van der Waals surface area contributed by atoms with E-state index in [0.717, 1.165) is 31.4 Å². The van der Waals surface area contributed by atoms with Crippen LogP contribution in [-0.4, -0.2) is 59.1 Å². The van der Waals surface area contributed by atoms with Crippen LogP contribution < -0.4 is 21.8 Å². The van der Waals surface area contributed by atoms with Crippen LogP contribution in [0.3, 0.4) is 0 Å². The molecule has 48 heavy (non-hydrogen) atoms. The molecule has 2 atom stereocenters. The number of aryl methyl sites for hydroxylation is 1. The first-order valence-electron chi connectivity index (χ1n) is 16.4. The summed E-state index contributed by atoms with van der Waals surface area (Å²) in [6.07, 6.45) is 13.0. The predicted octanol–water partition coefficient (Wildman–Crippen LogP) is 3.95. The van der Waals surface area contributed by atoms with E-state index in [-0.39, 0.29) is 41.9 Å². The summed E-state index contributed by atoms with van der Waals surface area (Å²) < 4.78 is 10.8. The van der Waals surface area contributed by atoms with Gasteiger partial charge in [-0.2, -0.15) is 0 Å². The molecular weight excluding hydrogens is 610 g/mol. The summed E-state index contributed by atoms with van der Waals surface area (Å²) in [5.41, 5.74) is 5.59. The molecule has 5 aromatic rings. The maximum atomic E-state index is 13.8. The summed E-state index contributed by atoms with van der Waals surface area (Å²) in [7, 11) is 1.67. The molecule has 0 radical (unpaired) electrons. The highest BCUT2D eigenvalue weighted by Crippen LogP contribution is 2.37. The lowest BCUT2D eigenvalue weighted by atomic mass is 9.90. The van der Waals surface area contributed by atoms with Crippen LogP contribution in [0.2, 0.25) is 0 Å². The molecule has 1 fully saturated rings. The fraction of sp³-hybridized carbons (Fsp3) is 0.389. The SMILES string of the molecule is Cn1cc(-c2ccnc(-n3ccn4c5c(cc4c3=O)CC(C)(C)C5)c2CO)cc(Nc2ccc(N[C@@H]3CC[C@@H](CCO)OC3)cn2)c1=O. The number of aromatic nitrogens is 5. The standard InChI is InChI=1S/C36H41N7O5/c1-36(2)16-22-15-30-35(47)43(12-11-42(30)31(22)17-36)33-28(20-45)27(8-10-37-33)23-14-29(34(46)41(3)19-23)40-32-7-5-24(18-38-32)39-25-4-6-26(9-13-44)48-21-25/h5,7-8,10-12,14-15,18-19,25-26,39,44-45H,4,6,9,13,16-17,20-21H2,1-3H3,(H,38,40)/t25-,26+/m1/s1. The highest BCUT2D eigenvalue weighted by atomic mass is 16.5. The van der Waals surface area contributed by atoms with Crippen LogP contribution >= 0.6 is 0 Å². The Morgan fingerprint density at radius 1 is 1.04 bits per heavy atom. The van der Waals surface area contributed by atoms with Gasteiger partial charge >= 0.3 is 0 Å². The maximum absolute atomic E-state index is 13.8. The summed E-state index contributed by atoms with van der Waals surface area (Å²) in [6, 6.07) is 9.34. The third kappa shape index (κ3) is 6.02. The molecule has 12 nitrogen and oxygen atoms in total. The average molecular weight is 652 g/mol. The first-order chi connectivity index (χ1) is 23.1. The molecule has 0 unspecified atom stereocenters. The molecular formula is C36H41N7O5. The van der Waals surface area contributed by atoms with E-state index in [1.54, 1.807) is 50.0 Å². The monoisotopic (exact) mass is 651 g/mol. The minimum absolute atomic E-state index is 0.106. The van der Waals surface area contributed by atoms with E-state index in [1.807, 2.05) is 22.7 Å². The van der Waals surface area contributed by atoms with Crippen molar-refractivity contribution in [2.24, 2.45) is 12.5 Å². The Bertz CT molecular complexity index is 2090. The molecule has 5 aromatic heterocycles. The molecule has 0 spiro atoms. The van der Waals surface area contributed by atoms with Crippen LogP contribution in [-0.2, 0) is 31.2 Å². The molecule has 0 bridgehead atoms. The Balaban J connectivity index is 1.15. The summed E-state index contributed by atoms with van der Waals surface area (Å²) in [6.45, 7) is 4.80. The van der Waals surface area contributed by atoms with Gasteiger partial charge in [-0.1, -0.05) is 13.8 Å². The van der Waals surface area contributed by atoms with E-state index in [4.69, 9.17) is 9.84 Å². The first-order valence-corrected chi connectivity index (χ1v) is 16.4. The number of nitrogens with zero attached hydrogens (tertiary/aromatic N) is 5. The van der Waals surface area contributed by atoms with E-state index in [0.29, 0.717) is 52.6 Å². The van der Waals surface area contributed by atoms with E-state index >= 15 is 0 Å². The van der Waals surface area contributed by atoms with E-state index in [2.05, 4.69) is 34.4 Å². The lowest BCUT2D eigenvalue weighted by Gasteiger charge is -2.29. The van der Waals surface area contributed by atoms with E-state index < -0.39 is 0 Å². The number of aliphatic hydroxyl groups is 2. The van der Waals surface area contributed by atoms with Gasteiger partial charge in [0.05, 0.1) is 31.2 Å². The number of hydrogen-bond donors (Lipinski definition) is 4. The molecule has 0 saturated carbocycles. The number of pyridine rings is 3. The number of fused-ring (bicyclic) bond motifs is 3. The molecule has 250 valence electrons. The Labute approximate surface area is 277 Å². The minimum atomic E-state index is -0.364. The fourth-order valence-corrected chi connectivity index (χ4v) is 7.11. The Kier molecular flexibility index (Phi) is 8.40. The molecule has 1 saturated heterocycles. The van der Waals surface area contributed by atoms with Crippen LogP contribution in [0.1, 0.15) is 49.9 Å². The number of nitrogens with one attached hydrogen (secondary N) is 2. The summed E-state index contributed by atoms with van der Waals surface area (Å²) in [5, 5.41) is 26.4. The van der Waals surface area contributed by atoms with Crippen molar-refractivity contribution < 1.29 is 14.9 Å². The van der Waals surface area contributed by atoms with Gasteiger partial charge in [0.15, 0.2) is 0 Å². The zero-order chi connectivity index (χ0) is 33.6. The van der Waals surface area contributed by atoms with E-state index in [9.17, 15) is 14.7 Å². The largest absolute Gasteiger partial charge is 0.396 e. The average Bonchev–Trinajstić information content (AvgIpc) is 3.57. The van der Waals surface area contributed by atoms with Gasteiger partial charge in [0.2, 0.25) is 0 Å². The zero-order valence-corrected chi connectivity index (χ0v) is 27.4. The minimum Gasteiger partial charge on any atom is -0.396 e. The van der Waals surface area contributed by atoms with Crippen molar-refractivity contribution in [3.8, 4) is 16.9 Å². The number of rotatable bonds is 9. The molecule has 0 aromatic carbocycles. The number of anilines is 3. The normalized spacial score (nSPS) is 18.6. The van der Waals surface area contributed by atoms with Crippen molar-refractivity contribution in [1.29, 1.82) is 0 Å². The van der Waals surface area contributed by atoms with Gasteiger partial charge in [0.1, 0.15) is 22.8 Å². The lowest BCUT2D eigenvalue weighted by molar-refractivity contribution is -0.00378. The Hall–Kier alpha value is -4.78. The quantitative estimate of drug-likeness (QED) is 0.186. The predicted molar refractivity (Wildman–Crippen MR) is 184 cm³/mol. The summed E-state index contributed by atoms with van der Waals surface area (Å²) >= 11 is 0. The van der Waals surface area contributed by atoms with Gasteiger partial charge in [0, 0.05) is 61.3 Å². The highest BCUT2D eigenvalue weighted by Gasteiger charge is 2.32. The van der Waals surface area contributed by atoms with Crippen molar-refractivity contribution in [3.05, 3.63) is 98.8 Å². The van der Waals surface area contributed by atoms with Crippen molar-refractivity contribution >= 4 is 22.7 Å². The molecule has 12 heteroatoms. The van der Waals surface area contributed by atoms with Crippen LogP contribution in [0.25, 0.3) is 22.5 Å². The second-order valence-electron chi connectivity index (χ2n) is 13.7. The van der Waals surface area contributed by atoms with E-state index in [1.165, 1.54) is 20.4 Å².